The Morgan fingerprint density at radius 1 is 1.12 bits per heavy atom. The molecule has 0 fully saturated rings. The van der Waals surface area contributed by atoms with E-state index in [2.05, 4.69) is 4.74 Å². The summed E-state index contributed by atoms with van der Waals surface area (Å²) in [5, 5.41) is 11.6. The lowest BCUT2D eigenvalue weighted by Gasteiger charge is -2.10. The standard InChI is InChI=1S/C18H15F4NO2/c1-2-12-7-14(19)8-13-10-23(17(24)16(12)13)9-11-3-5-15(6-4-11)25-18(20,21)22/h3-8,10,24H,2,9H2,1H3. The highest BCUT2D eigenvalue weighted by Gasteiger charge is 2.30. The molecular formula is C18H15F4NO2. The molecule has 2 aromatic carbocycles. The first kappa shape index (κ1) is 17.1. The Morgan fingerprint density at radius 3 is 2.40 bits per heavy atom. The van der Waals surface area contributed by atoms with Gasteiger partial charge in [-0.1, -0.05) is 19.1 Å². The summed E-state index contributed by atoms with van der Waals surface area (Å²) < 4.78 is 55.5. The van der Waals surface area contributed by atoms with Gasteiger partial charge in [-0.3, -0.25) is 0 Å². The maximum absolute atomic E-state index is 13.6. The number of hydrogen-bond donors (Lipinski definition) is 1. The number of nitrogens with zero attached hydrogens (tertiary/aromatic N) is 1. The minimum absolute atomic E-state index is 0.00229. The van der Waals surface area contributed by atoms with Gasteiger partial charge in [-0.2, -0.15) is 0 Å². The molecule has 0 spiro atoms. The Morgan fingerprint density at radius 2 is 1.80 bits per heavy atom. The van der Waals surface area contributed by atoms with Crippen LogP contribution < -0.4 is 4.74 Å². The van der Waals surface area contributed by atoms with Crippen LogP contribution in [0.15, 0.2) is 42.6 Å². The van der Waals surface area contributed by atoms with Gasteiger partial charge in [-0.25, -0.2) is 4.39 Å². The minimum atomic E-state index is -4.74. The summed E-state index contributed by atoms with van der Waals surface area (Å²) in [6, 6.07) is 8.10. The fourth-order valence-corrected chi connectivity index (χ4v) is 2.83. The molecule has 0 amide bonds. The molecule has 0 aliphatic rings. The molecule has 0 unspecified atom stereocenters. The predicted octanol–water partition coefficient (Wildman–Crippen LogP) is 5.00. The molecule has 1 N–H and O–H groups in total. The molecule has 132 valence electrons. The summed E-state index contributed by atoms with van der Waals surface area (Å²) >= 11 is 0. The first-order valence-corrected chi connectivity index (χ1v) is 7.61. The van der Waals surface area contributed by atoms with E-state index in [-0.39, 0.29) is 24.0 Å². The molecule has 3 rings (SSSR count). The Labute approximate surface area is 141 Å². The summed E-state index contributed by atoms with van der Waals surface area (Å²) in [5.41, 5.74) is 1.36. The average molecular weight is 353 g/mol. The minimum Gasteiger partial charge on any atom is -0.494 e. The van der Waals surface area contributed by atoms with Crippen LogP contribution in [0.3, 0.4) is 0 Å². The van der Waals surface area contributed by atoms with Crippen LogP contribution in [0.1, 0.15) is 18.1 Å². The number of rotatable bonds is 4. The number of ether oxygens (including phenoxy) is 1. The number of hydrogen-bond acceptors (Lipinski definition) is 2. The van der Waals surface area contributed by atoms with Crippen molar-refractivity contribution in [1.82, 2.24) is 4.57 Å². The summed E-state index contributed by atoms with van der Waals surface area (Å²) in [4.78, 5) is 0. The van der Waals surface area contributed by atoms with Gasteiger partial charge in [0.25, 0.3) is 0 Å². The van der Waals surface area contributed by atoms with Crippen LogP contribution in [-0.4, -0.2) is 16.0 Å². The van der Waals surface area contributed by atoms with E-state index in [4.69, 9.17) is 0 Å². The number of benzene rings is 2. The highest BCUT2D eigenvalue weighted by molar-refractivity contribution is 5.91. The van der Waals surface area contributed by atoms with E-state index < -0.39 is 6.36 Å². The smallest absolute Gasteiger partial charge is 0.494 e. The Kier molecular flexibility index (Phi) is 4.32. The summed E-state index contributed by atoms with van der Waals surface area (Å²) in [6.45, 7) is 2.10. The molecule has 0 bridgehead atoms. The van der Waals surface area contributed by atoms with Crippen LogP contribution in [0, 0.1) is 5.82 Å². The molecule has 0 radical (unpaired) electrons. The van der Waals surface area contributed by atoms with Gasteiger partial charge in [-0.15, -0.1) is 13.2 Å². The molecule has 3 nitrogen and oxygen atoms in total. The second kappa shape index (κ2) is 6.31. The third-order valence-electron chi connectivity index (χ3n) is 3.90. The van der Waals surface area contributed by atoms with Crippen LogP contribution in [0.25, 0.3) is 10.8 Å². The van der Waals surface area contributed by atoms with Gasteiger partial charge < -0.3 is 14.4 Å². The molecule has 0 aliphatic heterocycles. The fraction of sp³-hybridized carbons (Fsp3) is 0.222. The highest BCUT2D eigenvalue weighted by Crippen LogP contribution is 2.32. The first-order chi connectivity index (χ1) is 11.8. The van der Waals surface area contributed by atoms with E-state index in [0.717, 1.165) is 0 Å². The van der Waals surface area contributed by atoms with Crippen molar-refractivity contribution in [3.05, 3.63) is 59.5 Å². The van der Waals surface area contributed by atoms with Crippen molar-refractivity contribution >= 4 is 10.8 Å². The zero-order valence-corrected chi connectivity index (χ0v) is 13.3. The number of aromatic nitrogens is 1. The zero-order chi connectivity index (χ0) is 18.2. The Hall–Kier alpha value is -2.70. The van der Waals surface area contributed by atoms with E-state index in [1.807, 2.05) is 6.92 Å². The second-order valence-electron chi connectivity index (χ2n) is 5.66. The Balaban J connectivity index is 1.89. The van der Waals surface area contributed by atoms with E-state index in [9.17, 15) is 22.7 Å². The molecular weight excluding hydrogens is 338 g/mol. The summed E-state index contributed by atoms with van der Waals surface area (Å²) in [5.74, 6) is -0.689. The molecule has 7 heteroatoms. The maximum atomic E-state index is 13.6. The van der Waals surface area contributed by atoms with Crippen molar-refractivity contribution in [2.45, 2.75) is 26.3 Å². The second-order valence-corrected chi connectivity index (χ2v) is 5.66. The lowest BCUT2D eigenvalue weighted by molar-refractivity contribution is -0.274. The van der Waals surface area contributed by atoms with Gasteiger partial charge in [0.1, 0.15) is 11.6 Å². The van der Waals surface area contributed by atoms with Crippen LogP contribution in [-0.2, 0) is 13.0 Å². The van der Waals surface area contributed by atoms with Crippen LogP contribution >= 0.6 is 0 Å². The van der Waals surface area contributed by atoms with Gasteiger partial charge in [-0.05, 0) is 41.8 Å². The molecule has 1 heterocycles. The average Bonchev–Trinajstić information content (AvgIpc) is 2.83. The molecule has 0 saturated heterocycles. The first-order valence-electron chi connectivity index (χ1n) is 7.61. The quantitative estimate of drug-likeness (QED) is 0.670. The van der Waals surface area contributed by atoms with Crippen molar-refractivity contribution < 1.29 is 27.4 Å². The highest BCUT2D eigenvalue weighted by atomic mass is 19.4. The van der Waals surface area contributed by atoms with Crippen LogP contribution in [0.4, 0.5) is 17.6 Å². The van der Waals surface area contributed by atoms with Gasteiger partial charge in [0, 0.05) is 17.0 Å². The molecule has 0 aliphatic carbocycles. The number of aromatic hydroxyl groups is 1. The zero-order valence-electron chi connectivity index (χ0n) is 13.3. The molecule has 0 saturated carbocycles. The van der Waals surface area contributed by atoms with Crippen LogP contribution in [0.2, 0.25) is 0 Å². The van der Waals surface area contributed by atoms with E-state index >= 15 is 0 Å². The number of halogens is 4. The summed E-state index contributed by atoms with van der Waals surface area (Å²) in [6.07, 6.45) is -2.55. The number of alkyl halides is 3. The SMILES string of the molecule is CCc1cc(F)cc2cn(Cc3ccc(OC(F)(F)F)cc3)c(O)c12. The lowest BCUT2D eigenvalue weighted by atomic mass is 10.1. The van der Waals surface area contributed by atoms with Gasteiger partial charge in [0.05, 0.1) is 6.54 Å². The van der Waals surface area contributed by atoms with Crippen molar-refractivity contribution in [1.29, 1.82) is 0 Å². The number of fused-ring (bicyclic) bond motifs is 1. The van der Waals surface area contributed by atoms with Gasteiger partial charge >= 0.3 is 6.36 Å². The van der Waals surface area contributed by atoms with Crippen molar-refractivity contribution in [2.75, 3.05) is 0 Å². The maximum Gasteiger partial charge on any atom is 0.573 e. The van der Waals surface area contributed by atoms with Crippen molar-refractivity contribution in [3.63, 3.8) is 0 Å². The molecule has 0 atom stereocenters. The van der Waals surface area contributed by atoms with Crippen LogP contribution in [0.5, 0.6) is 11.6 Å². The lowest BCUT2D eigenvalue weighted by Crippen LogP contribution is -2.17. The van der Waals surface area contributed by atoms with E-state index in [1.165, 1.54) is 41.0 Å². The topological polar surface area (TPSA) is 34.4 Å². The fourth-order valence-electron chi connectivity index (χ4n) is 2.83. The third-order valence-corrected chi connectivity index (χ3v) is 3.90. The van der Waals surface area contributed by atoms with Crippen molar-refractivity contribution in [3.8, 4) is 11.6 Å². The third kappa shape index (κ3) is 3.70. The van der Waals surface area contributed by atoms with E-state index in [1.54, 1.807) is 6.20 Å². The van der Waals surface area contributed by atoms with Crippen molar-refractivity contribution in [2.24, 2.45) is 0 Å². The normalized spacial score (nSPS) is 11.9. The van der Waals surface area contributed by atoms with Gasteiger partial charge in [0.2, 0.25) is 0 Å². The largest absolute Gasteiger partial charge is 0.573 e. The van der Waals surface area contributed by atoms with E-state index in [0.29, 0.717) is 28.3 Å². The predicted molar refractivity (Wildman–Crippen MR) is 85.2 cm³/mol. The summed E-state index contributed by atoms with van der Waals surface area (Å²) in [7, 11) is 0. The molecule has 3 aromatic rings. The monoisotopic (exact) mass is 353 g/mol. The molecule has 1 aromatic heterocycles. The van der Waals surface area contributed by atoms with Gasteiger partial charge in [0.15, 0.2) is 5.88 Å². The molecule has 25 heavy (non-hydrogen) atoms. The number of aryl methyl sites for hydroxylation is 1. The Bertz CT molecular complexity index is 898.